The molecule has 2 rings (SSSR count). The molecule has 0 spiro atoms. The number of hydrogen-bond acceptors (Lipinski definition) is 4. The van der Waals surface area contributed by atoms with Gasteiger partial charge in [-0.15, -0.1) is 0 Å². The lowest BCUT2D eigenvalue weighted by Crippen LogP contribution is -2.20. The van der Waals surface area contributed by atoms with Crippen LogP contribution in [0.3, 0.4) is 0 Å². The Morgan fingerprint density at radius 1 is 1.08 bits per heavy atom. The molecule has 2 aromatic carbocycles. The van der Waals surface area contributed by atoms with E-state index in [-0.39, 0.29) is 12.5 Å². The van der Waals surface area contributed by atoms with Crippen molar-refractivity contribution in [3.63, 3.8) is 0 Å². The van der Waals surface area contributed by atoms with E-state index in [1.54, 1.807) is 18.2 Å². The fourth-order valence-electron chi connectivity index (χ4n) is 2.02. The molecule has 24 heavy (non-hydrogen) atoms. The summed E-state index contributed by atoms with van der Waals surface area (Å²) in [5.74, 6) is -0.227. The molecule has 5 nitrogen and oxygen atoms in total. The van der Waals surface area contributed by atoms with Crippen molar-refractivity contribution >= 4 is 33.5 Å². The van der Waals surface area contributed by atoms with Gasteiger partial charge in [0.05, 0.1) is 17.1 Å². The number of rotatable bonds is 5. The average molecular weight is 392 g/mol. The minimum absolute atomic E-state index is 0.136. The van der Waals surface area contributed by atoms with Crippen molar-refractivity contribution in [2.45, 2.75) is 13.8 Å². The highest BCUT2D eigenvalue weighted by atomic mass is 79.9. The molecular weight excluding hydrogens is 374 g/mol. The van der Waals surface area contributed by atoms with Crippen LogP contribution in [0, 0.1) is 13.8 Å². The lowest BCUT2D eigenvalue weighted by atomic mass is 10.1. The van der Waals surface area contributed by atoms with Crippen molar-refractivity contribution in [3.05, 3.63) is 57.6 Å². The van der Waals surface area contributed by atoms with Crippen molar-refractivity contribution in [2.24, 2.45) is 0 Å². The maximum absolute atomic E-state index is 12.0. The summed E-state index contributed by atoms with van der Waals surface area (Å²) in [6.45, 7) is 3.87. The van der Waals surface area contributed by atoms with E-state index in [2.05, 4.69) is 26.0 Å². The van der Waals surface area contributed by atoms with Crippen molar-refractivity contribution in [1.29, 1.82) is 0 Å². The molecule has 0 aliphatic heterocycles. The van der Waals surface area contributed by atoms with Gasteiger partial charge in [0.25, 0.3) is 5.91 Å². The third-order valence-corrected chi connectivity index (χ3v) is 4.12. The monoisotopic (exact) mass is 391 g/mol. The van der Waals surface area contributed by atoms with Crippen LogP contribution in [-0.4, -0.2) is 25.6 Å². The summed E-state index contributed by atoms with van der Waals surface area (Å²) in [6.07, 6.45) is 0. The molecule has 1 amide bonds. The zero-order valence-electron chi connectivity index (χ0n) is 13.7. The molecule has 0 aromatic heterocycles. The molecule has 1 N–H and O–H groups in total. The Hall–Kier alpha value is -2.34. The molecule has 0 saturated carbocycles. The van der Waals surface area contributed by atoms with Gasteiger partial charge in [0.15, 0.2) is 6.61 Å². The third-order valence-electron chi connectivity index (χ3n) is 3.50. The van der Waals surface area contributed by atoms with Crippen LogP contribution >= 0.6 is 15.9 Å². The molecular formula is C18H18BrNO4. The first-order chi connectivity index (χ1) is 11.4. The van der Waals surface area contributed by atoms with Crippen molar-refractivity contribution in [1.82, 2.24) is 0 Å². The maximum Gasteiger partial charge on any atom is 0.337 e. The summed E-state index contributed by atoms with van der Waals surface area (Å²) in [6, 6.07) is 10.5. The van der Waals surface area contributed by atoms with Crippen LogP contribution < -0.4 is 10.1 Å². The van der Waals surface area contributed by atoms with Gasteiger partial charge in [-0.1, -0.05) is 6.07 Å². The van der Waals surface area contributed by atoms with Crippen LogP contribution in [-0.2, 0) is 9.53 Å². The largest absolute Gasteiger partial charge is 0.483 e. The van der Waals surface area contributed by atoms with E-state index in [9.17, 15) is 9.59 Å². The van der Waals surface area contributed by atoms with Crippen LogP contribution in [0.2, 0.25) is 0 Å². The van der Waals surface area contributed by atoms with E-state index in [0.717, 1.165) is 11.3 Å². The number of carbonyl (C=O) groups excluding carboxylic acids is 2. The zero-order valence-corrected chi connectivity index (χ0v) is 15.3. The Kier molecular flexibility index (Phi) is 5.98. The number of halogens is 1. The first-order valence-electron chi connectivity index (χ1n) is 7.28. The highest BCUT2D eigenvalue weighted by Crippen LogP contribution is 2.26. The fourth-order valence-corrected chi connectivity index (χ4v) is 2.52. The lowest BCUT2D eigenvalue weighted by Gasteiger charge is -2.10. The van der Waals surface area contributed by atoms with Crippen molar-refractivity contribution in [2.75, 3.05) is 19.0 Å². The molecule has 0 radical (unpaired) electrons. The Morgan fingerprint density at radius 3 is 2.46 bits per heavy atom. The molecule has 126 valence electrons. The number of anilines is 1. The van der Waals surface area contributed by atoms with Crippen LogP contribution in [0.25, 0.3) is 0 Å². The van der Waals surface area contributed by atoms with E-state index in [4.69, 9.17) is 4.74 Å². The normalized spacial score (nSPS) is 10.2. The van der Waals surface area contributed by atoms with Crippen LogP contribution in [0.4, 0.5) is 5.69 Å². The summed E-state index contributed by atoms with van der Waals surface area (Å²) in [4.78, 5) is 23.4. The third kappa shape index (κ3) is 4.58. The predicted molar refractivity (Wildman–Crippen MR) is 95.5 cm³/mol. The lowest BCUT2D eigenvalue weighted by molar-refractivity contribution is -0.118. The van der Waals surface area contributed by atoms with Gasteiger partial charge in [0, 0.05) is 5.69 Å². The van der Waals surface area contributed by atoms with Gasteiger partial charge >= 0.3 is 5.97 Å². The van der Waals surface area contributed by atoms with E-state index in [0.29, 0.717) is 15.8 Å². The molecule has 0 bridgehead atoms. The second-order valence-corrected chi connectivity index (χ2v) is 6.13. The van der Waals surface area contributed by atoms with Crippen LogP contribution in [0.15, 0.2) is 40.9 Å². The number of methoxy groups -OCH3 is 1. The molecule has 0 saturated heterocycles. The number of aryl methyl sites for hydroxylation is 2. The highest BCUT2D eigenvalue weighted by Gasteiger charge is 2.11. The Balaban J connectivity index is 1.96. The quantitative estimate of drug-likeness (QED) is 0.785. The number of hydrogen-bond donors (Lipinski definition) is 1. The molecule has 0 fully saturated rings. The Bertz CT molecular complexity index is 774. The number of benzene rings is 2. The smallest absolute Gasteiger partial charge is 0.337 e. The zero-order chi connectivity index (χ0) is 17.7. The van der Waals surface area contributed by atoms with Crippen LogP contribution in [0.1, 0.15) is 21.5 Å². The SMILES string of the molecule is COC(=O)c1ccc(OCC(=O)Nc2ccc(C)c(C)c2)c(Br)c1. The summed E-state index contributed by atoms with van der Waals surface area (Å²) in [7, 11) is 1.32. The van der Waals surface area contributed by atoms with Crippen molar-refractivity contribution < 1.29 is 19.1 Å². The van der Waals surface area contributed by atoms with Gasteiger partial charge in [0.1, 0.15) is 5.75 Å². The summed E-state index contributed by atoms with van der Waals surface area (Å²) in [5.41, 5.74) is 3.40. The van der Waals surface area contributed by atoms with E-state index < -0.39 is 5.97 Å². The number of carbonyl (C=O) groups is 2. The van der Waals surface area contributed by atoms with Crippen LogP contribution in [0.5, 0.6) is 5.75 Å². The van der Waals surface area contributed by atoms with Crippen molar-refractivity contribution in [3.8, 4) is 5.75 Å². The summed E-state index contributed by atoms with van der Waals surface area (Å²) >= 11 is 3.31. The number of ether oxygens (including phenoxy) is 2. The van der Waals surface area contributed by atoms with Gasteiger partial charge in [-0.2, -0.15) is 0 Å². The predicted octanol–water partition coefficient (Wildman–Crippen LogP) is 3.87. The maximum atomic E-state index is 12.0. The molecule has 0 atom stereocenters. The molecule has 2 aromatic rings. The summed E-state index contributed by atoms with van der Waals surface area (Å²) in [5, 5.41) is 2.79. The molecule has 0 aliphatic carbocycles. The number of esters is 1. The van der Waals surface area contributed by atoms with E-state index in [1.165, 1.54) is 12.7 Å². The van der Waals surface area contributed by atoms with Gasteiger partial charge in [-0.3, -0.25) is 4.79 Å². The summed E-state index contributed by atoms with van der Waals surface area (Å²) < 4.78 is 10.7. The topological polar surface area (TPSA) is 64.6 Å². The van der Waals surface area contributed by atoms with E-state index in [1.807, 2.05) is 32.0 Å². The standard InChI is InChI=1S/C18H18BrNO4/c1-11-4-6-14(8-12(11)2)20-17(21)10-24-16-7-5-13(9-15(16)19)18(22)23-3/h4-9H,10H2,1-3H3,(H,20,21). The Labute approximate surface area is 149 Å². The van der Waals surface area contributed by atoms with Gasteiger partial charge in [-0.05, 0) is 71.2 Å². The molecule has 0 aliphatic rings. The first kappa shape index (κ1) is 18.0. The van der Waals surface area contributed by atoms with Gasteiger partial charge < -0.3 is 14.8 Å². The van der Waals surface area contributed by atoms with Gasteiger partial charge in [-0.25, -0.2) is 4.79 Å². The molecule has 6 heteroatoms. The minimum atomic E-state index is -0.435. The van der Waals surface area contributed by atoms with Gasteiger partial charge in [0.2, 0.25) is 0 Å². The minimum Gasteiger partial charge on any atom is -0.483 e. The second kappa shape index (κ2) is 7.97. The number of amides is 1. The Morgan fingerprint density at radius 2 is 1.83 bits per heavy atom. The molecule has 0 heterocycles. The molecule has 0 unspecified atom stereocenters. The number of nitrogens with one attached hydrogen (secondary N) is 1. The van der Waals surface area contributed by atoms with E-state index >= 15 is 0 Å². The first-order valence-corrected chi connectivity index (χ1v) is 8.08. The second-order valence-electron chi connectivity index (χ2n) is 5.27. The average Bonchev–Trinajstić information content (AvgIpc) is 2.56. The fraction of sp³-hybridized carbons (Fsp3) is 0.222. The highest BCUT2D eigenvalue weighted by molar-refractivity contribution is 9.10.